The molecule has 0 saturated carbocycles. The third kappa shape index (κ3) is 1.82. The monoisotopic (exact) mass is 216 g/mol. The SMILES string of the molecule is C=CCCOc1nc2ccccn2c1C=O. The summed E-state index contributed by atoms with van der Waals surface area (Å²) in [6.45, 7) is 4.08. The van der Waals surface area contributed by atoms with Gasteiger partial charge in [0.05, 0.1) is 6.61 Å². The summed E-state index contributed by atoms with van der Waals surface area (Å²) in [5.41, 5.74) is 1.15. The fourth-order valence-corrected chi connectivity index (χ4v) is 1.45. The molecule has 0 aliphatic carbocycles. The van der Waals surface area contributed by atoms with E-state index in [4.69, 9.17) is 4.74 Å². The number of pyridine rings is 1. The van der Waals surface area contributed by atoms with Gasteiger partial charge in [-0.25, -0.2) is 0 Å². The molecule has 0 saturated heterocycles. The van der Waals surface area contributed by atoms with Gasteiger partial charge in [-0.15, -0.1) is 6.58 Å². The van der Waals surface area contributed by atoms with Gasteiger partial charge in [-0.1, -0.05) is 12.1 Å². The Labute approximate surface area is 93.2 Å². The number of fused-ring (bicyclic) bond motifs is 1. The van der Waals surface area contributed by atoms with Crippen LogP contribution in [-0.4, -0.2) is 22.3 Å². The van der Waals surface area contributed by atoms with Crippen LogP contribution >= 0.6 is 0 Å². The first-order valence-corrected chi connectivity index (χ1v) is 5.02. The van der Waals surface area contributed by atoms with E-state index in [2.05, 4.69) is 11.6 Å². The molecule has 0 aliphatic heterocycles. The number of hydrogen-bond donors (Lipinski definition) is 0. The summed E-state index contributed by atoms with van der Waals surface area (Å²) in [7, 11) is 0. The summed E-state index contributed by atoms with van der Waals surface area (Å²) in [5, 5.41) is 0. The lowest BCUT2D eigenvalue weighted by Crippen LogP contribution is -1.99. The Morgan fingerprint density at radius 2 is 2.38 bits per heavy atom. The molecule has 0 aromatic carbocycles. The van der Waals surface area contributed by atoms with Crippen LogP contribution in [0, 0.1) is 0 Å². The first-order chi connectivity index (χ1) is 7.86. The predicted molar refractivity (Wildman–Crippen MR) is 60.9 cm³/mol. The first kappa shape index (κ1) is 10.4. The molecule has 2 aromatic heterocycles. The van der Waals surface area contributed by atoms with Crippen molar-refractivity contribution in [3.63, 3.8) is 0 Å². The third-order valence-corrected chi connectivity index (χ3v) is 2.21. The standard InChI is InChI=1S/C12H12N2O2/c1-2-3-8-16-12-10(9-15)14-7-5-4-6-11(14)13-12/h2,4-7,9H,1,3,8H2. The number of aldehydes is 1. The lowest BCUT2D eigenvalue weighted by Gasteiger charge is -2.00. The Balaban J connectivity index is 2.36. The molecule has 82 valence electrons. The van der Waals surface area contributed by atoms with Crippen LogP contribution in [-0.2, 0) is 0 Å². The van der Waals surface area contributed by atoms with Gasteiger partial charge in [-0.3, -0.25) is 9.20 Å². The molecule has 2 aromatic rings. The first-order valence-electron chi connectivity index (χ1n) is 5.02. The summed E-state index contributed by atoms with van der Waals surface area (Å²) in [4.78, 5) is 15.2. The molecule has 0 unspecified atom stereocenters. The van der Waals surface area contributed by atoms with E-state index in [1.54, 1.807) is 16.7 Å². The highest BCUT2D eigenvalue weighted by Crippen LogP contribution is 2.17. The average Bonchev–Trinajstić information content (AvgIpc) is 2.67. The lowest BCUT2D eigenvalue weighted by molar-refractivity contribution is 0.111. The topological polar surface area (TPSA) is 43.6 Å². The molecule has 0 N–H and O–H groups in total. The van der Waals surface area contributed by atoms with Crippen molar-refractivity contribution in [1.82, 2.24) is 9.38 Å². The Morgan fingerprint density at radius 3 is 3.12 bits per heavy atom. The Bertz CT molecular complexity index is 517. The van der Waals surface area contributed by atoms with Gasteiger partial charge in [0, 0.05) is 6.20 Å². The Kier molecular flexibility index (Phi) is 3.00. The molecule has 0 spiro atoms. The second-order valence-electron chi connectivity index (χ2n) is 3.27. The van der Waals surface area contributed by atoms with Crippen LogP contribution in [0.25, 0.3) is 5.65 Å². The molecule has 0 bridgehead atoms. The average molecular weight is 216 g/mol. The second-order valence-corrected chi connectivity index (χ2v) is 3.27. The largest absolute Gasteiger partial charge is 0.476 e. The highest BCUT2D eigenvalue weighted by atomic mass is 16.5. The van der Waals surface area contributed by atoms with Gasteiger partial charge in [0.25, 0.3) is 0 Å². The molecular weight excluding hydrogens is 204 g/mol. The van der Waals surface area contributed by atoms with Crippen molar-refractivity contribution in [2.45, 2.75) is 6.42 Å². The van der Waals surface area contributed by atoms with Crippen molar-refractivity contribution < 1.29 is 9.53 Å². The van der Waals surface area contributed by atoms with Crippen LogP contribution in [0.4, 0.5) is 0 Å². The van der Waals surface area contributed by atoms with Crippen molar-refractivity contribution in [3.05, 3.63) is 42.7 Å². The molecule has 4 heteroatoms. The van der Waals surface area contributed by atoms with Gasteiger partial charge in [-0.05, 0) is 18.6 Å². The highest BCUT2D eigenvalue weighted by molar-refractivity contribution is 5.78. The molecular formula is C12H12N2O2. The minimum absolute atomic E-state index is 0.378. The summed E-state index contributed by atoms with van der Waals surface area (Å²) in [6.07, 6.45) is 5.03. The molecule has 4 nitrogen and oxygen atoms in total. The fourth-order valence-electron chi connectivity index (χ4n) is 1.45. The normalized spacial score (nSPS) is 10.2. The Morgan fingerprint density at radius 1 is 1.50 bits per heavy atom. The van der Waals surface area contributed by atoms with Crippen molar-refractivity contribution >= 4 is 11.9 Å². The number of hydrogen-bond acceptors (Lipinski definition) is 3. The van der Waals surface area contributed by atoms with Gasteiger partial charge in [-0.2, -0.15) is 4.98 Å². The van der Waals surface area contributed by atoms with E-state index < -0.39 is 0 Å². The number of ether oxygens (including phenoxy) is 1. The van der Waals surface area contributed by atoms with Crippen LogP contribution in [0.15, 0.2) is 37.1 Å². The number of carbonyl (C=O) groups is 1. The van der Waals surface area contributed by atoms with E-state index >= 15 is 0 Å². The number of rotatable bonds is 5. The van der Waals surface area contributed by atoms with Crippen LogP contribution < -0.4 is 4.74 Å². The van der Waals surface area contributed by atoms with E-state index in [-0.39, 0.29) is 0 Å². The molecule has 0 atom stereocenters. The lowest BCUT2D eigenvalue weighted by atomic mass is 10.4. The van der Waals surface area contributed by atoms with E-state index in [1.807, 2.05) is 18.2 Å². The molecule has 2 heterocycles. The highest BCUT2D eigenvalue weighted by Gasteiger charge is 2.11. The zero-order chi connectivity index (χ0) is 11.4. The van der Waals surface area contributed by atoms with Crippen LogP contribution in [0.3, 0.4) is 0 Å². The Hall–Kier alpha value is -2.10. The minimum Gasteiger partial charge on any atom is -0.476 e. The predicted octanol–water partition coefficient (Wildman–Crippen LogP) is 2.10. The summed E-state index contributed by atoms with van der Waals surface area (Å²) < 4.78 is 7.12. The van der Waals surface area contributed by atoms with Gasteiger partial charge in [0.2, 0.25) is 5.88 Å². The quantitative estimate of drug-likeness (QED) is 0.436. The van der Waals surface area contributed by atoms with E-state index in [0.29, 0.717) is 23.8 Å². The number of nitrogens with zero attached hydrogens (tertiary/aromatic N) is 2. The van der Waals surface area contributed by atoms with Crippen molar-refractivity contribution in [3.8, 4) is 5.88 Å². The van der Waals surface area contributed by atoms with Gasteiger partial charge in [0.15, 0.2) is 6.29 Å². The third-order valence-electron chi connectivity index (χ3n) is 2.21. The molecule has 0 aliphatic rings. The maximum Gasteiger partial charge on any atom is 0.243 e. The van der Waals surface area contributed by atoms with E-state index in [0.717, 1.165) is 12.7 Å². The summed E-state index contributed by atoms with van der Waals surface area (Å²) in [6, 6.07) is 5.53. The maximum atomic E-state index is 11.0. The fraction of sp³-hybridized carbons (Fsp3) is 0.167. The van der Waals surface area contributed by atoms with Crippen LogP contribution in [0.5, 0.6) is 5.88 Å². The summed E-state index contributed by atoms with van der Waals surface area (Å²) in [5.74, 6) is 0.378. The number of aromatic nitrogens is 2. The molecule has 16 heavy (non-hydrogen) atoms. The summed E-state index contributed by atoms with van der Waals surface area (Å²) >= 11 is 0. The van der Waals surface area contributed by atoms with Crippen molar-refractivity contribution in [2.24, 2.45) is 0 Å². The molecule has 0 amide bonds. The van der Waals surface area contributed by atoms with Crippen molar-refractivity contribution in [2.75, 3.05) is 6.61 Å². The van der Waals surface area contributed by atoms with Gasteiger partial charge >= 0.3 is 0 Å². The van der Waals surface area contributed by atoms with Gasteiger partial charge in [0.1, 0.15) is 11.3 Å². The molecule has 0 fully saturated rings. The maximum absolute atomic E-state index is 11.0. The second kappa shape index (κ2) is 4.61. The van der Waals surface area contributed by atoms with Crippen LogP contribution in [0.2, 0.25) is 0 Å². The van der Waals surface area contributed by atoms with E-state index in [1.165, 1.54) is 0 Å². The molecule has 2 rings (SSSR count). The smallest absolute Gasteiger partial charge is 0.243 e. The van der Waals surface area contributed by atoms with Gasteiger partial charge < -0.3 is 4.74 Å². The number of carbonyl (C=O) groups excluding carboxylic acids is 1. The zero-order valence-corrected chi connectivity index (χ0v) is 8.80. The minimum atomic E-state index is 0.378. The zero-order valence-electron chi connectivity index (χ0n) is 8.80. The van der Waals surface area contributed by atoms with E-state index in [9.17, 15) is 4.79 Å². The van der Waals surface area contributed by atoms with Crippen LogP contribution in [0.1, 0.15) is 16.9 Å². The van der Waals surface area contributed by atoms with Crippen molar-refractivity contribution in [1.29, 1.82) is 0 Å². The molecule has 0 radical (unpaired) electrons. The number of imidazole rings is 1.